The van der Waals surface area contributed by atoms with Gasteiger partial charge < -0.3 is 0 Å². The van der Waals surface area contributed by atoms with Gasteiger partial charge in [-0.05, 0) is 32.2 Å². The molecule has 0 amide bonds. The van der Waals surface area contributed by atoms with Gasteiger partial charge in [0.25, 0.3) is 0 Å². The van der Waals surface area contributed by atoms with E-state index in [-0.39, 0.29) is 5.92 Å². The molecule has 104 valence electrons. The SMILES string of the molecule is Cn1cc(CN2CCCC2C2CCCCC2=O)nn1. The molecule has 3 rings (SSSR count). The monoisotopic (exact) mass is 262 g/mol. The summed E-state index contributed by atoms with van der Waals surface area (Å²) in [5.41, 5.74) is 1.01. The van der Waals surface area contributed by atoms with Crippen LogP contribution in [0.25, 0.3) is 0 Å². The molecule has 2 unspecified atom stereocenters. The number of nitrogens with zero attached hydrogens (tertiary/aromatic N) is 4. The van der Waals surface area contributed by atoms with Crippen molar-refractivity contribution in [2.75, 3.05) is 6.54 Å². The summed E-state index contributed by atoms with van der Waals surface area (Å²) in [7, 11) is 1.89. The Labute approximate surface area is 114 Å². The summed E-state index contributed by atoms with van der Waals surface area (Å²) in [6.45, 7) is 1.92. The van der Waals surface area contributed by atoms with Gasteiger partial charge in [0.05, 0.1) is 5.69 Å². The highest BCUT2D eigenvalue weighted by Crippen LogP contribution is 2.32. The minimum atomic E-state index is 0.271. The van der Waals surface area contributed by atoms with Gasteiger partial charge in [-0.2, -0.15) is 0 Å². The highest BCUT2D eigenvalue weighted by Gasteiger charge is 2.36. The molecule has 0 radical (unpaired) electrons. The third kappa shape index (κ3) is 2.71. The van der Waals surface area contributed by atoms with Crippen LogP contribution in [-0.2, 0) is 18.4 Å². The van der Waals surface area contributed by atoms with Crippen molar-refractivity contribution < 1.29 is 4.79 Å². The Kier molecular flexibility index (Phi) is 3.64. The first-order chi connectivity index (χ1) is 9.24. The second kappa shape index (κ2) is 5.41. The van der Waals surface area contributed by atoms with Crippen LogP contribution in [0.4, 0.5) is 0 Å². The summed E-state index contributed by atoms with van der Waals surface area (Å²) in [6, 6.07) is 0.440. The normalized spacial score (nSPS) is 29.0. The molecule has 1 aromatic heterocycles. The lowest BCUT2D eigenvalue weighted by molar-refractivity contribution is -0.126. The zero-order valence-electron chi connectivity index (χ0n) is 11.6. The van der Waals surface area contributed by atoms with Crippen molar-refractivity contribution in [2.24, 2.45) is 13.0 Å². The third-order valence-corrected chi connectivity index (χ3v) is 4.50. The summed E-state index contributed by atoms with van der Waals surface area (Å²) in [6.07, 6.45) is 8.52. The van der Waals surface area contributed by atoms with Crippen molar-refractivity contribution in [1.29, 1.82) is 0 Å². The largest absolute Gasteiger partial charge is 0.299 e. The lowest BCUT2D eigenvalue weighted by Crippen LogP contribution is -2.40. The van der Waals surface area contributed by atoms with Gasteiger partial charge in [0, 0.05) is 38.2 Å². The lowest BCUT2D eigenvalue weighted by Gasteiger charge is -2.32. The number of rotatable bonds is 3. The molecule has 1 aromatic rings. The Bertz CT molecular complexity index is 456. The summed E-state index contributed by atoms with van der Waals surface area (Å²) in [5.74, 6) is 0.759. The van der Waals surface area contributed by atoms with E-state index in [0.717, 1.165) is 44.5 Å². The fourth-order valence-electron chi connectivity index (χ4n) is 3.60. The molecule has 19 heavy (non-hydrogen) atoms. The van der Waals surface area contributed by atoms with E-state index in [0.29, 0.717) is 11.8 Å². The molecule has 0 aromatic carbocycles. The van der Waals surface area contributed by atoms with Crippen LogP contribution in [0.15, 0.2) is 6.20 Å². The summed E-state index contributed by atoms with van der Waals surface area (Å²) in [4.78, 5) is 14.6. The molecular weight excluding hydrogens is 240 g/mol. The van der Waals surface area contributed by atoms with Gasteiger partial charge in [0.15, 0.2) is 0 Å². The van der Waals surface area contributed by atoms with Gasteiger partial charge in [0.1, 0.15) is 5.78 Å². The van der Waals surface area contributed by atoms with E-state index in [9.17, 15) is 4.79 Å². The van der Waals surface area contributed by atoms with Crippen LogP contribution in [-0.4, -0.2) is 38.3 Å². The number of carbonyl (C=O) groups excluding carboxylic acids is 1. The van der Waals surface area contributed by atoms with Crippen molar-refractivity contribution in [3.8, 4) is 0 Å². The van der Waals surface area contributed by atoms with Gasteiger partial charge in [-0.25, -0.2) is 0 Å². The van der Waals surface area contributed by atoms with E-state index in [4.69, 9.17) is 0 Å². The van der Waals surface area contributed by atoms with E-state index >= 15 is 0 Å². The predicted molar refractivity (Wildman–Crippen MR) is 71.4 cm³/mol. The molecule has 5 nitrogen and oxygen atoms in total. The third-order valence-electron chi connectivity index (χ3n) is 4.50. The zero-order valence-corrected chi connectivity index (χ0v) is 11.6. The standard InChI is InChI=1S/C14H22N4O/c1-17-9-11(15-16-17)10-18-8-4-6-13(18)12-5-2-3-7-14(12)19/h9,12-13H,2-8,10H2,1H3. The maximum absolute atomic E-state index is 12.1. The topological polar surface area (TPSA) is 51.0 Å². The fraction of sp³-hybridized carbons (Fsp3) is 0.786. The minimum absolute atomic E-state index is 0.271. The average Bonchev–Trinajstić information content (AvgIpc) is 3.00. The van der Waals surface area contributed by atoms with Crippen molar-refractivity contribution in [1.82, 2.24) is 19.9 Å². The molecule has 1 aliphatic carbocycles. The van der Waals surface area contributed by atoms with Gasteiger partial charge in [-0.1, -0.05) is 11.6 Å². The van der Waals surface area contributed by atoms with Gasteiger partial charge in [0.2, 0.25) is 0 Å². The zero-order chi connectivity index (χ0) is 13.2. The van der Waals surface area contributed by atoms with E-state index < -0.39 is 0 Å². The van der Waals surface area contributed by atoms with Crippen LogP contribution in [0.1, 0.15) is 44.2 Å². The number of ketones is 1. The molecule has 2 atom stereocenters. The molecule has 1 saturated heterocycles. The van der Waals surface area contributed by atoms with Crippen molar-refractivity contribution in [2.45, 2.75) is 51.1 Å². The average molecular weight is 262 g/mol. The van der Waals surface area contributed by atoms with Crippen LogP contribution >= 0.6 is 0 Å². The quantitative estimate of drug-likeness (QED) is 0.829. The lowest BCUT2D eigenvalue weighted by atomic mass is 9.82. The number of aryl methyl sites for hydroxylation is 1. The smallest absolute Gasteiger partial charge is 0.137 e. The molecule has 0 bridgehead atoms. The first kappa shape index (κ1) is 12.8. The van der Waals surface area contributed by atoms with E-state index in [1.54, 1.807) is 4.68 Å². The highest BCUT2D eigenvalue weighted by atomic mass is 16.1. The van der Waals surface area contributed by atoms with Crippen molar-refractivity contribution in [3.63, 3.8) is 0 Å². The minimum Gasteiger partial charge on any atom is -0.299 e. The number of carbonyl (C=O) groups is 1. The van der Waals surface area contributed by atoms with Crippen LogP contribution < -0.4 is 0 Å². The second-order valence-electron chi connectivity index (χ2n) is 5.88. The number of hydrogen-bond donors (Lipinski definition) is 0. The van der Waals surface area contributed by atoms with Crippen LogP contribution in [0, 0.1) is 5.92 Å². The van der Waals surface area contributed by atoms with Crippen molar-refractivity contribution in [3.05, 3.63) is 11.9 Å². The summed E-state index contributed by atoms with van der Waals surface area (Å²) in [5, 5.41) is 8.15. The fourth-order valence-corrected chi connectivity index (χ4v) is 3.60. The van der Waals surface area contributed by atoms with Gasteiger partial charge in [-0.3, -0.25) is 14.4 Å². The molecule has 2 fully saturated rings. The maximum atomic E-state index is 12.1. The van der Waals surface area contributed by atoms with Crippen LogP contribution in [0.2, 0.25) is 0 Å². The second-order valence-corrected chi connectivity index (χ2v) is 5.88. The Morgan fingerprint density at radius 3 is 2.95 bits per heavy atom. The Morgan fingerprint density at radius 1 is 1.32 bits per heavy atom. The number of hydrogen-bond acceptors (Lipinski definition) is 4. The van der Waals surface area contributed by atoms with E-state index in [1.165, 1.54) is 12.8 Å². The number of aromatic nitrogens is 3. The molecule has 0 N–H and O–H groups in total. The van der Waals surface area contributed by atoms with Gasteiger partial charge >= 0.3 is 0 Å². The van der Waals surface area contributed by atoms with Crippen LogP contribution in [0.5, 0.6) is 0 Å². The first-order valence-corrected chi connectivity index (χ1v) is 7.36. The van der Waals surface area contributed by atoms with E-state index in [2.05, 4.69) is 15.2 Å². The molecule has 1 aliphatic heterocycles. The molecule has 2 aliphatic rings. The molecule has 2 heterocycles. The molecule has 0 spiro atoms. The molecule has 1 saturated carbocycles. The number of Topliss-reactive ketones (excluding diaryl/α,β-unsaturated/α-hetero) is 1. The van der Waals surface area contributed by atoms with Crippen LogP contribution in [0.3, 0.4) is 0 Å². The molecule has 5 heteroatoms. The Hall–Kier alpha value is -1.23. The van der Waals surface area contributed by atoms with E-state index in [1.807, 2.05) is 13.2 Å². The number of likely N-dealkylation sites (tertiary alicyclic amines) is 1. The van der Waals surface area contributed by atoms with Crippen molar-refractivity contribution >= 4 is 5.78 Å². The maximum Gasteiger partial charge on any atom is 0.137 e. The first-order valence-electron chi connectivity index (χ1n) is 7.36. The summed E-state index contributed by atoms with van der Waals surface area (Å²) >= 11 is 0. The highest BCUT2D eigenvalue weighted by molar-refractivity contribution is 5.82. The summed E-state index contributed by atoms with van der Waals surface area (Å²) < 4.78 is 1.74. The van der Waals surface area contributed by atoms with Gasteiger partial charge in [-0.15, -0.1) is 5.10 Å². The Morgan fingerprint density at radius 2 is 2.21 bits per heavy atom. The molecular formula is C14H22N4O. The predicted octanol–water partition coefficient (Wildman–Crippen LogP) is 1.54. The Balaban J connectivity index is 1.68.